The zero-order chi connectivity index (χ0) is 24.8. The Balaban J connectivity index is 1.65. The molecule has 6 rings (SSSR count). The molecule has 182 valence electrons. The van der Waals surface area contributed by atoms with E-state index in [4.69, 9.17) is 18.9 Å². The lowest BCUT2D eigenvalue weighted by molar-refractivity contribution is -0.547. The fourth-order valence-corrected chi connectivity index (χ4v) is 5.59. The molecule has 7 nitrogen and oxygen atoms in total. The number of H-pyrrole nitrogens is 1. The van der Waals surface area contributed by atoms with Crippen molar-refractivity contribution in [3.63, 3.8) is 0 Å². The van der Waals surface area contributed by atoms with Gasteiger partial charge >= 0.3 is 0 Å². The fraction of sp³-hybridized carbons (Fsp3) is 0.241. The van der Waals surface area contributed by atoms with Gasteiger partial charge in [-0.15, -0.1) is 0 Å². The van der Waals surface area contributed by atoms with Crippen LogP contribution in [-0.2, 0) is 9.47 Å². The summed E-state index contributed by atoms with van der Waals surface area (Å²) < 4.78 is 25.0. The Morgan fingerprint density at radius 2 is 2.00 bits per heavy atom. The van der Waals surface area contributed by atoms with Crippen LogP contribution in [0.4, 0.5) is 0 Å². The second-order valence-electron chi connectivity index (χ2n) is 9.09. The molecule has 2 aromatic carbocycles. The maximum Gasteiger partial charge on any atom is 0.189 e. The maximum atomic E-state index is 5.88. The van der Waals surface area contributed by atoms with E-state index in [2.05, 4.69) is 76.9 Å². The van der Waals surface area contributed by atoms with E-state index in [-0.39, 0.29) is 18.8 Å². The van der Waals surface area contributed by atoms with Crippen LogP contribution in [0.15, 0.2) is 72.3 Å². The highest BCUT2D eigenvalue weighted by Crippen LogP contribution is 2.52. The van der Waals surface area contributed by atoms with E-state index in [1.807, 2.05) is 6.08 Å². The smallest absolute Gasteiger partial charge is 0.189 e. The quantitative estimate of drug-likeness (QED) is 0.537. The lowest BCUT2D eigenvalue weighted by Gasteiger charge is -2.36. The van der Waals surface area contributed by atoms with Crippen LogP contribution in [0, 0.1) is 5.92 Å². The number of nitrogens with zero attached hydrogens (tertiary/aromatic N) is 2. The van der Waals surface area contributed by atoms with Gasteiger partial charge in [0.25, 0.3) is 0 Å². The molecule has 3 aliphatic rings. The monoisotopic (exact) mass is 482 g/mol. The number of allylic oxidation sites excluding steroid dienone is 3. The number of methoxy groups -OCH3 is 2. The third-order valence-electron chi connectivity index (χ3n) is 7.19. The largest absolute Gasteiger partial charge is 0.493 e. The van der Waals surface area contributed by atoms with E-state index >= 15 is 0 Å². The van der Waals surface area contributed by atoms with Crippen molar-refractivity contribution in [2.45, 2.75) is 6.04 Å². The van der Waals surface area contributed by atoms with Gasteiger partial charge in [-0.3, -0.25) is 0 Å². The minimum Gasteiger partial charge on any atom is -0.493 e. The Kier molecular flexibility index (Phi) is 5.49. The van der Waals surface area contributed by atoms with Crippen LogP contribution < -0.4 is 9.47 Å². The van der Waals surface area contributed by atoms with Crippen molar-refractivity contribution in [2.75, 3.05) is 34.7 Å². The molecule has 0 amide bonds. The standard InChI is InChI=1S/C29H28N3O4/c1-5-6-19-22(27-14-35-16-36-27)13-32(2)29-21-12-26(34-4)25(33-3)11-18(21)9-20(28(19)29)17-7-8-23-24(10-17)31-15-30-23/h5-13,15,28-29H,1,14,16H2,2-4H3,(H,30,31)/q+1/b19-6+,27-22+. The Morgan fingerprint density at radius 3 is 2.75 bits per heavy atom. The molecule has 0 bridgehead atoms. The number of imidazole rings is 1. The third-order valence-corrected chi connectivity index (χ3v) is 7.19. The summed E-state index contributed by atoms with van der Waals surface area (Å²) in [5, 5.41) is 0. The summed E-state index contributed by atoms with van der Waals surface area (Å²) in [6.45, 7) is 4.75. The van der Waals surface area contributed by atoms with Crippen LogP contribution in [0.2, 0.25) is 0 Å². The van der Waals surface area contributed by atoms with Crippen LogP contribution in [-0.4, -0.2) is 55.4 Å². The van der Waals surface area contributed by atoms with Crippen molar-refractivity contribution in [1.82, 2.24) is 9.97 Å². The highest BCUT2D eigenvalue weighted by Gasteiger charge is 2.46. The molecule has 1 fully saturated rings. The molecule has 2 atom stereocenters. The lowest BCUT2D eigenvalue weighted by Crippen LogP contribution is -2.35. The van der Waals surface area contributed by atoms with Crippen LogP contribution in [0.5, 0.6) is 11.5 Å². The van der Waals surface area contributed by atoms with Gasteiger partial charge in [-0.05, 0) is 52.6 Å². The summed E-state index contributed by atoms with van der Waals surface area (Å²) in [6, 6.07) is 10.6. The Bertz CT molecular complexity index is 1500. The molecule has 3 heterocycles. The van der Waals surface area contributed by atoms with E-state index in [0.717, 1.165) is 39.1 Å². The molecule has 2 unspecified atom stereocenters. The summed E-state index contributed by atoms with van der Waals surface area (Å²) in [7, 11) is 5.45. The number of aromatic amines is 1. The second-order valence-corrected chi connectivity index (χ2v) is 9.09. The normalized spacial score (nSPS) is 24.0. The molecular formula is C29H28N3O4+. The fourth-order valence-electron chi connectivity index (χ4n) is 5.59. The van der Waals surface area contributed by atoms with Crippen molar-refractivity contribution >= 4 is 28.9 Å². The molecule has 0 saturated carbocycles. The van der Waals surface area contributed by atoms with Gasteiger partial charge in [0.05, 0.1) is 43.1 Å². The van der Waals surface area contributed by atoms with Crippen molar-refractivity contribution in [3.05, 3.63) is 89.0 Å². The topological polar surface area (TPSA) is 68.6 Å². The molecular weight excluding hydrogens is 454 g/mol. The number of benzene rings is 2. The number of fused-ring (bicyclic) bond motifs is 4. The minimum absolute atomic E-state index is 0.00988. The summed E-state index contributed by atoms with van der Waals surface area (Å²) >= 11 is 0. The Labute approximate surface area is 209 Å². The van der Waals surface area contributed by atoms with Gasteiger partial charge in [0.15, 0.2) is 30.5 Å². The van der Waals surface area contributed by atoms with Crippen molar-refractivity contribution in [2.24, 2.45) is 5.92 Å². The third kappa shape index (κ3) is 3.46. The molecule has 2 aliphatic heterocycles. The van der Waals surface area contributed by atoms with Crippen molar-refractivity contribution < 1.29 is 23.5 Å². The molecule has 1 aliphatic carbocycles. The highest BCUT2D eigenvalue weighted by molar-refractivity contribution is 5.95. The molecule has 0 radical (unpaired) electrons. The molecule has 1 aromatic heterocycles. The van der Waals surface area contributed by atoms with Crippen LogP contribution in [0.25, 0.3) is 22.7 Å². The van der Waals surface area contributed by atoms with Gasteiger partial charge in [0, 0.05) is 5.56 Å². The van der Waals surface area contributed by atoms with Crippen LogP contribution in [0.3, 0.4) is 0 Å². The SMILES string of the molecule is C=C/C=C1\C(=C2/COCO2)C=[N+](C)C2c3cc(OC)c(OC)cc3C=C(c3ccc4nc[nH]c4c3)C12. The lowest BCUT2D eigenvalue weighted by atomic mass is 9.69. The van der Waals surface area contributed by atoms with Gasteiger partial charge in [0.1, 0.15) is 19.4 Å². The molecule has 1 saturated heterocycles. The predicted molar refractivity (Wildman–Crippen MR) is 139 cm³/mol. The van der Waals surface area contributed by atoms with Gasteiger partial charge in [0.2, 0.25) is 0 Å². The summed E-state index contributed by atoms with van der Waals surface area (Å²) in [5.74, 6) is 2.27. The summed E-state index contributed by atoms with van der Waals surface area (Å²) in [6.07, 6.45) is 10.1. The van der Waals surface area contributed by atoms with Gasteiger partial charge in [-0.25, -0.2) is 9.56 Å². The van der Waals surface area contributed by atoms with Gasteiger partial charge < -0.3 is 23.9 Å². The van der Waals surface area contributed by atoms with Gasteiger partial charge in [-0.2, -0.15) is 0 Å². The zero-order valence-corrected chi connectivity index (χ0v) is 20.6. The maximum absolute atomic E-state index is 5.88. The number of aromatic nitrogens is 2. The summed E-state index contributed by atoms with van der Waals surface area (Å²) in [5.41, 5.74) is 8.71. The van der Waals surface area contributed by atoms with Gasteiger partial charge in [-0.1, -0.05) is 24.8 Å². The highest BCUT2D eigenvalue weighted by atomic mass is 16.7. The molecule has 3 aromatic rings. The number of nitrogens with one attached hydrogen (secondary N) is 1. The first-order valence-corrected chi connectivity index (χ1v) is 11.9. The zero-order valence-electron chi connectivity index (χ0n) is 20.6. The molecule has 0 spiro atoms. The second kappa shape index (κ2) is 8.84. The average Bonchev–Trinajstić information content (AvgIpc) is 3.60. The van der Waals surface area contributed by atoms with Crippen molar-refractivity contribution in [1.29, 1.82) is 0 Å². The van der Waals surface area contributed by atoms with Crippen LogP contribution >= 0.6 is 0 Å². The van der Waals surface area contributed by atoms with Crippen molar-refractivity contribution in [3.8, 4) is 11.5 Å². The first-order valence-electron chi connectivity index (χ1n) is 11.9. The Hall–Kier alpha value is -4.10. The first kappa shape index (κ1) is 22.4. The average molecular weight is 483 g/mol. The summed E-state index contributed by atoms with van der Waals surface area (Å²) in [4.78, 5) is 7.66. The number of rotatable bonds is 4. The van der Waals surface area contributed by atoms with E-state index in [1.54, 1.807) is 20.5 Å². The van der Waals surface area contributed by atoms with Crippen LogP contribution in [0.1, 0.15) is 22.7 Å². The Morgan fingerprint density at radius 1 is 1.17 bits per heavy atom. The van der Waals surface area contributed by atoms with E-state index in [1.165, 1.54) is 11.1 Å². The number of ether oxygens (including phenoxy) is 4. The number of hydrogen-bond donors (Lipinski definition) is 1. The molecule has 1 N–H and O–H groups in total. The van der Waals surface area contributed by atoms with E-state index in [0.29, 0.717) is 18.1 Å². The molecule has 7 heteroatoms. The first-order chi connectivity index (χ1) is 17.6. The van der Waals surface area contributed by atoms with E-state index in [9.17, 15) is 0 Å². The number of hydrogen-bond acceptors (Lipinski definition) is 5. The minimum atomic E-state index is 0.00988. The molecule has 36 heavy (non-hydrogen) atoms. The van der Waals surface area contributed by atoms with E-state index < -0.39 is 0 Å². The predicted octanol–water partition coefficient (Wildman–Crippen LogP) is 4.89.